The zero-order valence-electron chi connectivity index (χ0n) is 15.3. The highest BCUT2D eigenvalue weighted by Crippen LogP contribution is 2.36. The van der Waals surface area contributed by atoms with Crippen LogP contribution in [0.1, 0.15) is 48.5 Å². The Morgan fingerprint density at radius 3 is 2.25 bits per heavy atom. The van der Waals surface area contributed by atoms with E-state index >= 15 is 0 Å². The van der Waals surface area contributed by atoms with Crippen LogP contribution in [0.4, 0.5) is 10.5 Å². The van der Waals surface area contributed by atoms with Gasteiger partial charge in [0.2, 0.25) is 5.43 Å². The quantitative estimate of drug-likeness (QED) is 0.807. The Kier molecular flexibility index (Phi) is 4.58. The van der Waals surface area contributed by atoms with Crippen LogP contribution in [-0.2, 0) is 14.0 Å². The van der Waals surface area contributed by atoms with Crippen molar-refractivity contribution < 1.29 is 18.8 Å². The molecule has 2 N–H and O–H groups in total. The van der Waals surface area contributed by atoms with Crippen molar-refractivity contribution in [3.8, 4) is 0 Å². The maximum Gasteiger partial charge on any atom is 0.514 e. The lowest BCUT2D eigenvalue weighted by molar-refractivity contribution is 0.00578. The van der Waals surface area contributed by atoms with Gasteiger partial charge in [0.1, 0.15) is 11.3 Å². The van der Waals surface area contributed by atoms with E-state index in [2.05, 4.69) is 10.3 Å². The molecular weight excluding hydrogens is 311 g/mol. The molecule has 7 nitrogen and oxygen atoms in total. The zero-order valence-corrected chi connectivity index (χ0v) is 15.3. The third kappa shape index (κ3) is 3.81. The molecule has 0 radical (unpaired) electrons. The second kappa shape index (κ2) is 5.93. The summed E-state index contributed by atoms with van der Waals surface area (Å²) in [5.41, 5.74) is -1.74. The number of rotatable bonds is 2. The normalized spacial score (nSPS) is 19.2. The molecule has 1 aliphatic heterocycles. The Labute approximate surface area is 142 Å². The molecule has 0 aromatic carbocycles. The van der Waals surface area contributed by atoms with E-state index in [0.717, 1.165) is 0 Å². The molecule has 1 fully saturated rings. The van der Waals surface area contributed by atoms with Crippen LogP contribution in [0.15, 0.2) is 17.1 Å². The fourth-order valence-electron chi connectivity index (χ4n) is 2.18. The number of nitrogens with one attached hydrogen (secondary N) is 2. The van der Waals surface area contributed by atoms with E-state index < -0.39 is 30.0 Å². The van der Waals surface area contributed by atoms with E-state index in [1.807, 2.05) is 27.7 Å². The topological polar surface area (TPSA) is 89.7 Å². The minimum Gasteiger partial charge on any atom is -0.444 e. The van der Waals surface area contributed by atoms with Gasteiger partial charge in [0.05, 0.1) is 16.8 Å². The third-order valence-electron chi connectivity index (χ3n) is 4.10. The lowest BCUT2D eigenvalue weighted by atomic mass is 9.82. The molecule has 8 heteroatoms. The van der Waals surface area contributed by atoms with Crippen molar-refractivity contribution >= 4 is 24.5 Å². The highest BCUT2D eigenvalue weighted by Gasteiger charge is 2.53. The Hall–Kier alpha value is -1.80. The first-order valence-corrected chi connectivity index (χ1v) is 7.90. The Morgan fingerprint density at radius 1 is 1.21 bits per heavy atom. The van der Waals surface area contributed by atoms with Crippen LogP contribution >= 0.6 is 0 Å². The number of aromatic amines is 1. The van der Waals surface area contributed by atoms with Gasteiger partial charge in [-0.1, -0.05) is 0 Å². The molecule has 2 heterocycles. The van der Waals surface area contributed by atoms with Crippen molar-refractivity contribution in [2.45, 2.75) is 65.3 Å². The fourth-order valence-corrected chi connectivity index (χ4v) is 2.18. The molecule has 0 atom stereocenters. The number of hydrogen-bond donors (Lipinski definition) is 2. The van der Waals surface area contributed by atoms with E-state index in [4.69, 9.17) is 14.0 Å². The number of aromatic nitrogens is 1. The summed E-state index contributed by atoms with van der Waals surface area (Å²) in [7, 11) is -0.797. The van der Waals surface area contributed by atoms with Crippen LogP contribution < -0.4 is 16.3 Å². The second-order valence-corrected chi connectivity index (χ2v) is 7.85. The van der Waals surface area contributed by atoms with Gasteiger partial charge in [0.25, 0.3) is 0 Å². The molecule has 0 unspecified atom stereocenters. The van der Waals surface area contributed by atoms with Gasteiger partial charge < -0.3 is 19.0 Å². The van der Waals surface area contributed by atoms with E-state index in [1.54, 1.807) is 20.8 Å². The SMILES string of the molecule is CC(C)(C)OC(=O)Nc1c(B2OC(C)(C)C(C)(C)O2)[nH]ccc1=O. The first kappa shape index (κ1) is 18.5. The molecule has 2 rings (SSSR count). The van der Waals surface area contributed by atoms with Gasteiger partial charge in [-0.15, -0.1) is 0 Å². The monoisotopic (exact) mass is 336 g/mol. The van der Waals surface area contributed by atoms with Gasteiger partial charge >= 0.3 is 13.2 Å². The molecular formula is C16H25BN2O5. The third-order valence-corrected chi connectivity index (χ3v) is 4.10. The molecule has 1 amide bonds. The van der Waals surface area contributed by atoms with Crippen LogP contribution in [0.2, 0.25) is 0 Å². The minimum atomic E-state index is -0.797. The van der Waals surface area contributed by atoms with Gasteiger partial charge in [0, 0.05) is 12.3 Å². The van der Waals surface area contributed by atoms with Crippen molar-refractivity contribution in [1.29, 1.82) is 0 Å². The molecule has 24 heavy (non-hydrogen) atoms. The average Bonchev–Trinajstić information content (AvgIpc) is 2.58. The van der Waals surface area contributed by atoms with Crippen molar-refractivity contribution in [2.75, 3.05) is 5.32 Å². The summed E-state index contributed by atoms with van der Waals surface area (Å²) < 4.78 is 17.1. The predicted molar refractivity (Wildman–Crippen MR) is 92.6 cm³/mol. The number of ether oxygens (including phenoxy) is 1. The smallest absolute Gasteiger partial charge is 0.444 e. The molecule has 1 aliphatic rings. The largest absolute Gasteiger partial charge is 0.514 e. The molecule has 1 saturated heterocycles. The van der Waals surface area contributed by atoms with Crippen LogP contribution in [0.3, 0.4) is 0 Å². The highest BCUT2D eigenvalue weighted by atomic mass is 16.7. The van der Waals surface area contributed by atoms with Crippen molar-refractivity contribution in [1.82, 2.24) is 4.98 Å². The first-order chi connectivity index (χ1) is 10.8. The van der Waals surface area contributed by atoms with Crippen molar-refractivity contribution in [2.24, 2.45) is 0 Å². The van der Waals surface area contributed by atoms with Crippen LogP contribution in [0, 0.1) is 0 Å². The Morgan fingerprint density at radius 2 is 1.75 bits per heavy atom. The van der Waals surface area contributed by atoms with Gasteiger partial charge in [-0.05, 0) is 48.5 Å². The number of amides is 1. The molecule has 1 aromatic rings. The first-order valence-electron chi connectivity index (χ1n) is 7.90. The predicted octanol–water partition coefficient (Wildman–Crippen LogP) is 2.02. The summed E-state index contributed by atoms with van der Waals surface area (Å²) in [4.78, 5) is 27.2. The maximum atomic E-state index is 12.2. The van der Waals surface area contributed by atoms with Crippen LogP contribution in [-0.4, -0.2) is 35.0 Å². The van der Waals surface area contributed by atoms with Gasteiger partial charge in [0.15, 0.2) is 0 Å². The van der Waals surface area contributed by atoms with Gasteiger partial charge in [-0.25, -0.2) is 4.79 Å². The van der Waals surface area contributed by atoms with Crippen molar-refractivity contribution in [3.63, 3.8) is 0 Å². The minimum absolute atomic E-state index is 0.0604. The molecule has 1 aromatic heterocycles. The molecule has 132 valence electrons. The fraction of sp³-hybridized carbons (Fsp3) is 0.625. The summed E-state index contributed by atoms with van der Waals surface area (Å²) in [6, 6.07) is 1.32. The lowest BCUT2D eigenvalue weighted by Crippen LogP contribution is -2.42. The maximum absolute atomic E-state index is 12.2. The Bertz CT molecular complexity index is 674. The highest BCUT2D eigenvalue weighted by molar-refractivity contribution is 6.63. The Balaban J connectivity index is 2.32. The summed E-state index contributed by atoms with van der Waals surface area (Å²) in [6.07, 6.45) is 0.778. The van der Waals surface area contributed by atoms with E-state index in [9.17, 15) is 9.59 Å². The van der Waals surface area contributed by atoms with E-state index in [1.165, 1.54) is 12.3 Å². The zero-order chi connectivity index (χ0) is 18.3. The van der Waals surface area contributed by atoms with Gasteiger partial charge in [-0.2, -0.15) is 0 Å². The number of H-pyrrole nitrogens is 1. The number of carbonyl (C=O) groups is 1. The van der Waals surface area contributed by atoms with Crippen LogP contribution in [0.5, 0.6) is 0 Å². The van der Waals surface area contributed by atoms with E-state index in [-0.39, 0.29) is 11.1 Å². The lowest BCUT2D eigenvalue weighted by Gasteiger charge is -2.32. The van der Waals surface area contributed by atoms with Gasteiger partial charge in [-0.3, -0.25) is 10.1 Å². The van der Waals surface area contributed by atoms with E-state index in [0.29, 0.717) is 5.59 Å². The molecule has 0 aliphatic carbocycles. The van der Waals surface area contributed by atoms with Crippen LogP contribution in [0.25, 0.3) is 0 Å². The summed E-state index contributed by atoms with van der Waals surface area (Å²) in [6.45, 7) is 12.9. The molecule has 0 bridgehead atoms. The number of carbonyl (C=O) groups excluding carboxylic acids is 1. The number of pyridine rings is 1. The summed E-state index contributed by atoms with van der Waals surface area (Å²) in [5.74, 6) is 0. The number of anilines is 1. The molecule has 0 spiro atoms. The molecule has 0 saturated carbocycles. The van der Waals surface area contributed by atoms with Crippen molar-refractivity contribution in [3.05, 3.63) is 22.5 Å². The standard InChI is InChI=1S/C16H25BN2O5/c1-14(2,3)22-13(21)19-11-10(20)8-9-18-12(11)17-23-15(4,5)16(6,7)24-17/h8-9H,1-7H3,(H,18,20)(H,19,21). The average molecular weight is 336 g/mol. The summed E-state index contributed by atoms with van der Waals surface area (Å²) in [5, 5.41) is 2.50. The summed E-state index contributed by atoms with van der Waals surface area (Å²) >= 11 is 0. The second-order valence-electron chi connectivity index (χ2n) is 7.85. The number of hydrogen-bond acceptors (Lipinski definition) is 5.